The number of carbonyl (C=O) groups is 2. The summed E-state index contributed by atoms with van der Waals surface area (Å²) in [5.41, 5.74) is 1.01. The SMILES string of the molecule is CCC(=O)c1c[nH]c(C(=O)NC(C)CC)c1. The highest BCUT2D eigenvalue weighted by Crippen LogP contribution is 2.06. The molecule has 1 heterocycles. The number of rotatable bonds is 5. The van der Waals surface area contributed by atoms with Gasteiger partial charge >= 0.3 is 0 Å². The van der Waals surface area contributed by atoms with Gasteiger partial charge in [-0.1, -0.05) is 13.8 Å². The number of aromatic nitrogens is 1. The third-order valence-electron chi connectivity index (χ3n) is 2.56. The van der Waals surface area contributed by atoms with Crippen LogP contribution >= 0.6 is 0 Å². The van der Waals surface area contributed by atoms with Crippen molar-refractivity contribution in [3.8, 4) is 0 Å². The lowest BCUT2D eigenvalue weighted by atomic mass is 10.1. The van der Waals surface area contributed by atoms with Gasteiger partial charge in [-0.2, -0.15) is 0 Å². The lowest BCUT2D eigenvalue weighted by Gasteiger charge is -2.09. The predicted octanol–water partition coefficient (Wildman–Crippen LogP) is 2.14. The molecule has 1 rings (SSSR count). The van der Waals surface area contributed by atoms with E-state index < -0.39 is 0 Å². The molecule has 2 N–H and O–H groups in total. The number of H-pyrrole nitrogens is 1. The van der Waals surface area contributed by atoms with Crippen molar-refractivity contribution in [1.29, 1.82) is 0 Å². The fraction of sp³-hybridized carbons (Fsp3) is 0.500. The molecule has 1 unspecified atom stereocenters. The first kappa shape index (κ1) is 12.5. The van der Waals surface area contributed by atoms with E-state index >= 15 is 0 Å². The number of nitrogens with one attached hydrogen (secondary N) is 2. The van der Waals surface area contributed by atoms with E-state index in [0.29, 0.717) is 17.7 Å². The maximum Gasteiger partial charge on any atom is 0.267 e. The average molecular weight is 222 g/mol. The van der Waals surface area contributed by atoms with Crippen LogP contribution in [0.2, 0.25) is 0 Å². The quantitative estimate of drug-likeness (QED) is 0.750. The molecule has 1 atom stereocenters. The average Bonchev–Trinajstić information content (AvgIpc) is 2.77. The minimum Gasteiger partial charge on any atom is -0.356 e. The van der Waals surface area contributed by atoms with Gasteiger partial charge in [0.25, 0.3) is 5.91 Å². The highest BCUT2D eigenvalue weighted by Gasteiger charge is 2.12. The zero-order valence-corrected chi connectivity index (χ0v) is 9.96. The van der Waals surface area contributed by atoms with Crippen LogP contribution in [-0.2, 0) is 0 Å². The molecule has 0 aliphatic carbocycles. The maximum atomic E-state index is 11.7. The van der Waals surface area contributed by atoms with Crippen LogP contribution in [0.4, 0.5) is 0 Å². The molecule has 0 aromatic carbocycles. The Kier molecular flexibility index (Phi) is 4.28. The fourth-order valence-electron chi connectivity index (χ4n) is 1.29. The van der Waals surface area contributed by atoms with Gasteiger partial charge in [-0.25, -0.2) is 0 Å². The van der Waals surface area contributed by atoms with Gasteiger partial charge in [0.2, 0.25) is 0 Å². The summed E-state index contributed by atoms with van der Waals surface area (Å²) in [4.78, 5) is 25.9. The van der Waals surface area contributed by atoms with Gasteiger partial charge in [-0.15, -0.1) is 0 Å². The minimum atomic E-state index is -0.162. The predicted molar refractivity (Wildman–Crippen MR) is 62.6 cm³/mol. The van der Waals surface area contributed by atoms with E-state index in [-0.39, 0.29) is 17.7 Å². The second kappa shape index (κ2) is 5.49. The molecule has 88 valence electrons. The lowest BCUT2D eigenvalue weighted by Crippen LogP contribution is -2.32. The van der Waals surface area contributed by atoms with Crippen LogP contribution < -0.4 is 5.32 Å². The first-order chi connectivity index (χ1) is 7.58. The van der Waals surface area contributed by atoms with Crippen molar-refractivity contribution in [1.82, 2.24) is 10.3 Å². The van der Waals surface area contributed by atoms with Gasteiger partial charge in [-0.3, -0.25) is 9.59 Å². The zero-order chi connectivity index (χ0) is 12.1. The Bertz CT molecular complexity index is 382. The van der Waals surface area contributed by atoms with Crippen LogP contribution in [0.5, 0.6) is 0 Å². The van der Waals surface area contributed by atoms with Crippen molar-refractivity contribution in [2.45, 2.75) is 39.7 Å². The number of amides is 1. The molecule has 0 bridgehead atoms. The van der Waals surface area contributed by atoms with Crippen LogP contribution in [0.1, 0.15) is 54.5 Å². The number of aromatic amines is 1. The third kappa shape index (κ3) is 2.95. The number of Topliss-reactive ketones (excluding diaryl/α,β-unsaturated/α-hetero) is 1. The van der Waals surface area contributed by atoms with E-state index in [4.69, 9.17) is 0 Å². The zero-order valence-electron chi connectivity index (χ0n) is 9.96. The molecular formula is C12H18N2O2. The molecule has 0 saturated heterocycles. The van der Waals surface area contributed by atoms with Crippen molar-refractivity contribution in [3.05, 3.63) is 23.5 Å². The normalized spacial score (nSPS) is 12.2. The Labute approximate surface area is 95.4 Å². The number of ketones is 1. The van der Waals surface area contributed by atoms with Crippen molar-refractivity contribution in [2.24, 2.45) is 0 Å². The second-order valence-electron chi connectivity index (χ2n) is 3.86. The van der Waals surface area contributed by atoms with E-state index in [0.717, 1.165) is 6.42 Å². The fourth-order valence-corrected chi connectivity index (χ4v) is 1.29. The van der Waals surface area contributed by atoms with Crippen molar-refractivity contribution in [3.63, 3.8) is 0 Å². The molecule has 4 nitrogen and oxygen atoms in total. The number of hydrogen-bond donors (Lipinski definition) is 2. The van der Waals surface area contributed by atoms with Crippen LogP contribution in [0, 0.1) is 0 Å². The van der Waals surface area contributed by atoms with Gasteiger partial charge in [0, 0.05) is 24.2 Å². The lowest BCUT2D eigenvalue weighted by molar-refractivity contribution is 0.0934. The van der Waals surface area contributed by atoms with Gasteiger partial charge < -0.3 is 10.3 Å². The molecule has 0 radical (unpaired) electrons. The van der Waals surface area contributed by atoms with Gasteiger partial charge in [0.15, 0.2) is 5.78 Å². The summed E-state index contributed by atoms with van der Waals surface area (Å²) in [7, 11) is 0. The van der Waals surface area contributed by atoms with Gasteiger partial charge in [0.05, 0.1) is 0 Å². The third-order valence-corrected chi connectivity index (χ3v) is 2.56. The number of carbonyl (C=O) groups excluding carboxylic acids is 2. The molecule has 1 aromatic heterocycles. The van der Waals surface area contributed by atoms with Crippen molar-refractivity contribution >= 4 is 11.7 Å². The molecule has 0 fully saturated rings. The summed E-state index contributed by atoms with van der Waals surface area (Å²) in [6.45, 7) is 5.75. The summed E-state index contributed by atoms with van der Waals surface area (Å²) < 4.78 is 0. The molecule has 1 aromatic rings. The molecular weight excluding hydrogens is 204 g/mol. The van der Waals surface area contributed by atoms with Gasteiger partial charge in [0.1, 0.15) is 5.69 Å². The van der Waals surface area contributed by atoms with Crippen LogP contribution in [-0.4, -0.2) is 22.7 Å². The van der Waals surface area contributed by atoms with E-state index in [2.05, 4.69) is 10.3 Å². The smallest absolute Gasteiger partial charge is 0.267 e. The van der Waals surface area contributed by atoms with Crippen LogP contribution in [0.15, 0.2) is 12.3 Å². The summed E-state index contributed by atoms with van der Waals surface area (Å²) in [6, 6.07) is 1.74. The Balaban J connectivity index is 2.70. The molecule has 0 saturated carbocycles. The first-order valence-electron chi connectivity index (χ1n) is 5.60. The van der Waals surface area contributed by atoms with Crippen LogP contribution in [0.25, 0.3) is 0 Å². The Morgan fingerprint density at radius 3 is 2.69 bits per heavy atom. The van der Waals surface area contributed by atoms with E-state index in [1.165, 1.54) is 0 Å². The van der Waals surface area contributed by atoms with Crippen LogP contribution in [0.3, 0.4) is 0 Å². The summed E-state index contributed by atoms with van der Waals surface area (Å²) in [6.07, 6.45) is 2.91. The monoisotopic (exact) mass is 222 g/mol. The molecule has 0 aliphatic heterocycles. The molecule has 1 amide bonds. The Morgan fingerprint density at radius 1 is 1.44 bits per heavy atom. The summed E-state index contributed by atoms with van der Waals surface area (Å²) in [5, 5.41) is 2.83. The standard InChI is InChI=1S/C12H18N2O2/c1-4-8(3)14-12(16)10-6-9(7-13-10)11(15)5-2/h6-8,13H,4-5H2,1-3H3,(H,14,16). The Morgan fingerprint density at radius 2 is 2.12 bits per heavy atom. The first-order valence-corrected chi connectivity index (χ1v) is 5.60. The number of hydrogen-bond acceptors (Lipinski definition) is 2. The minimum absolute atomic E-state index is 0.0406. The molecule has 4 heteroatoms. The van der Waals surface area contributed by atoms with Crippen molar-refractivity contribution in [2.75, 3.05) is 0 Å². The summed E-state index contributed by atoms with van der Waals surface area (Å²) in [5.74, 6) is -0.122. The van der Waals surface area contributed by atoms with E-state index in [1.54, 1.807) is 19.2 Å². The largest absolute Gasteiger partial charge is 0.356 e. The molecule has 16 heavy (non-hydrogen) atoms. The highest BCUT2D eigenvalue weighted by molar-refractivity contribution is 6.00. The highest BCUT2D eigenvalue weighted by atomic mass is 16.2. The van der Waals surface area contributed by atoms with Gasteiger partial charge in [-0.05, 0) is 19.4 Å². The summed E-state index contributed by atoms with van der Waals surface area (Å²) >= 11 is 0. The van der Waals surface area contributed by atoms with Crippen molar-refractivity contribution < 1.29 is 9.59 Å². The van der Waals surface area contributed by atoms with E-state index in [9.17, 15) is 9.59 Å². The topological polar surface area (TPSA) is 62.0 Å². The Hall–Kier alpha value is -1.58. The second-order valence-corrected chi connectivity index (χ2v) is 3.86. The maximum absolute atomic E-state index is 11.7. The molecule has 0 spiro atoms. The van der Waals surface area contributed by atoms with E-state index in [1.807, 2.05) is 13.8 Å². The molecule has 0 aliphatic rings.